The molecule has 5 nitrogen and oxygen atoms in total. The minimum Gasteiger partial charge on any atom is -0.311 e. The van der Waals surface area contributed by atoms with E-state index < -0.39 is 0 Å². The maximum atomic E-state index is 11.1. The number of hydrogen-bond donors (Lipinski definition) is 2. The molecule has 1 aromatic rings. The highest BCUT2D eigenvalue weighted by atomic mass is 16.6. The van der Waals surface area contributed by atoms with Gasteiger partial charge in [0.2, 0.25) is 0 Å². The van der Waals surface area contributed by atoms with Crippen LogP contribution < -0.4 is 10.6 Å². The molecule has 2 heterocycles. The van der Waals surface area contributed by atoms with Crippen LogP contribution in [0.15, 0.2) is 12.1 Å². The van der Waals surface area contributed by atoms with Crippen molar-refractivity contribution in [2.75, 3.05) is 0 Å². The van der Waals surface area contributed by atoms with Gasteiger partial charge in [-0.25, -0.2) is 0 Å². The van der Waals surface area contributed by atoms with Gasteiger partial charge in [-0.3, -0.25) is 10.1 Å². The maximum Gasteiger partial charge on any atom is 0.272 e. The topological polar surface area (TPSA) is 67.2 Å². The van der Waals surface area contributed by atoms with Gasteiger partial charge in [0.1, 0.15) is 0 Å². The van der Waals surface area contributed by atoms with Crippen molar-refractivity contribution < 1.29 is 4.92 Å². The van der Waals surface area contributed by atoms with Gasteiger partial charge in [-0.1, -0.05) is 6.07 Å². The van der Waals surface area contributed by atoms with Gasteiger partial charge in [0.25, 0.3) is 5.69 Å². The Morgan fingerprint density at radius 3 is 2.57 bits per heavy atom. The maximum absolute atomic E-state index is 11.1. The summed E-state index contributed by atoms with van der Waals surface area (Å²) >= 11 is 0. The molecule has 2 fully saturated rings. The van der Waals surface area contributed by atoms with E-state index in [1.165, 1.54) is 25.7 Å². The van der Waals surface area contributed by atoms with Gasteiger partial charge >= 0.3 is 0 Å². The van der Waals surface area contributed by atoms with Crippen LogP contribution in [0.4, 0.5) is 5.69 Å². The van der Waals surface area contributed by atoms with Crippen LogP contribution >= 0.6 is 0 Å². The standard InChI is InChI=1S/C16H23N3O2/c1-10-5-12(11(2)16(6-10)19(20)21)9-17-15-7-13-3-4-14(8-15)18-13/h5-6,13-15,17-18H,3-4,7-9H2,1-2H3. The van der Waals surface area contributed by atoms with Gasteiger partial charge in [-0.15, -0.1) is 0 Å². The monoisotopic (exact) mass is 289 g/mol. The third kappa shape index (κ3) is 3.09. The van der Waals surface area contributed by atoms with Crippen LogP contribution in [-0.2, 0) is 6.54 Å². The summed E-state index contributed by atoms with van der Waals surface area (Å²) in [5.74, 6) is 0. The van der Waals surface area contributed by atoms with Crippen LogP contribution in [-0.4, -0.2) is 23.0 Å². The predicted molar refractivity (Wildman–Crippen MR) is 82.4 cm³/mol. The van der Waals surface area contributed by atoms with E-state index in [0.717, 1.165) is 23.2 Å². The number of nitrogens with zero attached hydrogens (tertiary/aromatic N) is 1. The van der Waals surface area contributed by atoms with E-state index in [1.807, 2.05) is 13.8 Å². The molecule has 2 aliphatic heterocycles. The Labute approximate surface area is 125 Å². The Balaban J connectivity index is 1.69. The van der Waals surface area contributed by atoms with E-state index in [0.29, 0.717) is 18.1 Å². The van der Waals surface area contributed by atoms with Crippen LogP contribution in [0, 0.1) is 24.0 Å². The molecule has 0 aromatic heterocycles. The average Bonchev–Trinajstić information content (AvgIpc) is 2.78. The van der Waals surface area contributed by atoms with Crippen molar-refractivity contribution in [3.63, 3.8) is 0 Å². The fraction of sp³-hybridized carbons (Fsp3) is 0.625. The summed E-state index contributed by atoms with van der Waals surface area (Å²) in [4.78, 5) is 10.8. The molecule has 2 N–H and O–H groups in total. The average molecular weight is 289 g/mol. The SMILES string of the molecule is Cc1cc(CNC2CC3CCC(C2)N3)c(C)c([N+](=O)[O-])c1. The molecular weight excluding hydrogens is 266 g/mol. The quantitative estimate of drug-likeness (QED) is 0.660. The van der Waals surface area contributed by atoms with Crippen molar-refractivity contribution in [3.05, 3.63) is 38.9 Å². The summed E-state index contributed by atoms with van der Waals surface area (Å²) in [6.07, 6.45) is 4.92. The molecule has 0 spiro atoms. The molecule has 5 heteroatoms. The van der Waals surface area contributed by atoms with E-state index in [4.69, 9.17) is 0 Å². The number of nitro groups is 1. The van der Waals surface area contributed by atoms with Crippen LogP contribution in [0.25, 0.3) is 0 Å². The number of hydrogen-bond acceptors (Lipinski definition) is 4. The van der Waals surface area contributed by atoms with E-state index in [1.54, 1.807) is 6.07 Å². The molecule has 2 aliphatic rings. The van der Waals surface area contributed by atoms with Crippen molar-refractivity contribution in [3.8, 4) is 0 Å². The first kappa shape index (κ1) is 14.5. The van der Waals surface area contributed by atoms with Crippen LogP contribution in [0.3, 0.4) is 0 Å². The number of nitrogens with one attached hydrogen (secondary N) is 2. The normalized spacial score (nSPS) is 27.8. The molecular formula is C16H23N3O2. The Morgan fingerprint density at radius 1 is 1.29 bits per heavy atom. The lowest BCUT2D eigenvalue weighted by Gasteiger charge is -2.30. The number of nitro benzene ring substituents is 1. The highest BCUT2D eigenvalue weighted by Crippen LogP contribution is 2.28. The fourth-order valence-electron chi connectivity index (χ4n) is 3.76. The molecule has 21 heavy (non-hydrogen) atoms. The van der Waals surface area contributed by atoms with Gasteiger partial charge in [0, 0.05) is 36.3 Å². The lowest BCUT2D eigenvalue weighted by Crippen LogP contribution is -2.46. The van der Waals surface area contributed by atoms with Gasteiger partial charge in [0.15, 0.2) is 0 Å². The molecule has 114 valence electrons. The Kier molecular flexibility index (Phi) is 3.95. The molecule has 3 rings (SSSR count). The van der Waals surface area contributed by atoms with Crippen LogP contribution in [0.2, 0.25) is 0 Å². The number of piperidine rings is 1. The summed E-state index contributed by atoms with van der Waals surface area (Å²) < 4.78 is 0. The molecule has 2 atom stereocenters. The number of benzene rings is 1. The third-order valence-electron chi connectivity index (χ3n) is 4.88. The van der Waals surface area contributed by atoms with Crippen molar-refractivity contribution >= 4 is 5.69 Å². The van der Waals surface area contributed by atoms with Gasteiger partial charge in [-0.2, -0.15) is 0 Å². The molecule has 0 saturated carbocycles. The third-order valence-corrected chi connectivity index (χ3v) is 4.88. The summed E-state index contributed by atoms with van der Waals surface area (Å²) in [6, 6.07) is 5.57. The second-order valence-electron chi connectivity index (χ2n) is 6.51. The summed E-state index contributed by atoms with van der Waals surface area (Å²) in [6.45, 7) is 4.49. The molecule has 2 unspecified atom stereocenters. The minimum absolute atomic E-state index is 0.234. The largest absolute Gasteiger partial charge is 0.311 e. The number of fused-ring (bicyclic) bond motifs is 2. The fourth-order valence-corrected chi connectivity index (χ4v) is 3.76. The van der Waals surface area contributed by atoms with E-state index in [2.05, 4.69) is 16.7 Å². The van der Waals surface area contributed by atoms with Gasteiger partial charge in [-0.05, 0) is 50.7 Å². The van der Waals surface area contributed by atoms with E-state index in [9.17, 15) is 10.1 Å². The predicted octanol–water partition coefficient (Wildman–Crippen LogP) is 2.58. The smallest absolute Gasteiger partial charge is 0.272 e. The molecule has 2 bridgehead atoms. The summed E-state index contributed by atoms with van der Waals surface area (Å²) in [5, 5.41) is 18.3. The zero-order valence-electron chi connectivity index (χ0n) is 12.7. The Bertz CT molecular complexity index is 547. The Hall–Kier alpha value is -1.46. The molecule has 0 aliphatic carbocycles. The summed E-state index contributed by atoms with van der Waals surface area (Å²) in [7, 11) is 0. The lowest BCUT2D eigenvalue weighted by molar-refractivity contribution is -0.385. The molecule has 1 aromatic carbocycles. The first-order valence-corrected chi connectivity index (χ1v) is 7.77. The van der Waals surface area contributed by atoms with Gasteiger partial charge < -0.3 is 10.6 Å². The number of rotatable bonds is 4. The van der Waals surface area contributed by atoms with Gasteiger partial charge in [0.05, 0.1) is 4.92 Å². The van der Waals surface area contributed by atoms with Crippen molar-refractivity contribution in [1.29, 1.82) is 0 Å². The second-order valence-corrected chi connectivity index (χ2v) is 6.51. The minimum atomic E-state index is -0.281. The summed E-state index contributed by atoms with van der Waals surface area (Å²) in [5.41, 5.74) is 3.02. The van der Waals surface area contributed by atoms with Crippen molar-refractivity contribution in [2.24, 2.45) is 0 Å². The zero-order chi connectivity index (χ0) is 15.0. The van der Waals surface area contributed by atoms with Crippen LogP contribution in [0.5, 0.6) is 0 Å². The van der Waals surface area contributed by atoms with Crippen molar-refractivity contribution in [2.45, 2.75) is 64.2 Å². The molecule has 0 radical (unpaired) electrons. The van der Waals surface area contributed by atoms with Crippen molar-refractivity contribution in [1.82, 2.24) is 10.6 Å². The Morgan fingerprint density at radius 2 is 1.95 bits per heavy atom. The lowest BCUT2D eigenvalue weighted by atomic mass is 9.98. The highest BCUT2D eigenvalue weighted by Gasteiger charge is 2.33. The molecule has 0 amide bonds. The van der Waals surface area contributed by atoms with E-state index >= 15 is 0 Å². The van der Waals surface area contributed by atoms with Crippen LogP contribution in [0.1, 0.15) is 42.4 Å². The zero-order valence-corrected chi connectivity index (χ0v) is 12.7. The first-order chi connectivity index (χ1) is 10.0. The first-order valence-electron chi connectivity index (χ1n) is 7.77. The van der Waals surface area contributed by atoms with E-state index in [-0.39, 0.29) is 10.6 Å². The number of aryl methyl sites for hydroxylation is 1. The molecule has 2 saturated heterocycles. The second kappa shape index (κ2) is 5.73. The highest BCUT2D eigenvalue weighted by molar-refractivity contribution is 5.47.